The molecule has 0 atom stereocenters. The molecule has 0 bridgehead atoms. The van der Waals surface area contributed by atoms with Gasteiger partial charge < -0.3 is 10.6 Å². The van der Waals surface area contributed by atoms with E-state index in [0.717, 1.165) is 24.5 Å². The summed E-state index contributed by atoms with van der Waals surface area (Å²) in [6, 6.07) is 10.3. The Morgan fingerprint density at radius 1 is 1.12 bits per heavy atom. The maximum absolute atomic E-state index is 4.60. The largest absolute Gasteiger partial charge is 0.370 e. The fourth-order valence-electron chi connectivity index (χ4n) is 3.23. The normalized spacial score (nSPS) is 14.3. The fourth-order valence-corrected chi connectivity index (χ4v) is 3.23. The quantitative estimate of drug-likeness (QED) is 0.642. The minimum atomic E-state index is 0.453. The zero-order valence-corrected chi connectivity index (χ0v) is 15.3. The lowest BCUT2D eigenvalue weighted by Gasteiger charge is -2.15. The van der Waals surface area contributed by atoms with E-state index < -0.39 is 0 Å². The number of para-hydroxylation sites is 1. The number of benzene rings is 1. The molecule has 1 aliphatic carbocycles. The van der Waals surface area contributed by atoms with Crippen LogP contribution in [0.25, 0.3) is 0 Å². The van der Waals surface area contributed by atoms with Crippen LogP contribution >= 0.6 is 0 Å². The number of nitrogens with zero attached hydrogens (tertiary/aromatic N) is 2. The SMILES string of the molecule is CC(C)c1ccccc1Nc1nccc(NCCC2=CCCCC2)n1. The maximum Gasteiger partial charge on any atom is 0.229 e. The summed E-state index contributed by atoms with van der Waals surface area (Å²) in [6.45, 7) is 5.31. The second kappa shape index (κ2) is 8.65. The number of hydrogen-bond donors (Lipinski definition) is 2. The third kappa shape index (κ3) is 5.05. The van der Waals surface area contributed by atoms with Crippen LogP contribution < -0.4 is 10.6 Å². The molecular weight excluding hydrogens is 308 g/mol. The van der Waals surface area contributed by atoms with Crippen molar-refractivity contribution in [1.29, 1.82) is 0 Å². The van der Waals surface area contributed by atoms with E-state index in [9.17, 15) is 0 Å². The molecule has 3 rings (SSSR count). The molecule has 2 aromatic rings. The first kappa shape index (κ1) is 17.5. The van der Waals surface area contributed by atoms with Gasteiger partial charge >= 0.3 is 0 Å². The number of allylic oxidation sites excluding steroid dienone is 1. The van der Waals surface area contributed by atoms with Crippen LogP contribution in [0.1, 0.15) is 57.4 Å². The minimum Gasteiger partial charge on any atom is -0.370 e. The van der Waals surface area contributed by atoms with Crippen molar-refractivity contribution in [3.05, 3.63) is 53.7 Å². The summed E-state index contributed by atoms with van der Waals surface area (Å²) in [4.78, 5) is 8.96. The molecule has 0 unspecified atom stereocenters. The van der Waals surface area contributed by atoms with Crippen molar-refractivity contribution in [3.63, 3.8) is 0 Å². The van der Waals surface area contributed by atoms with Gasteiger partial charge in [-0.05, 0) is 55.7 Å². The molecule has 4 nitrogen and oxygen atoms in total. The Bertz CT molecular complexity index is 721. The number of rotatable bonds is 7. The summed E-state index contributed by atoms with van der Waals surface area (Å²) in [5.74, 6) is 1.96. The number of aromatic nitrogens is 2. The molecule has 1 aromatic carbocycles. The van der Waals surface area contributed by atoms with Gasteiger partial charge in [0.1, 0.15) is 5.82 Å². The lowest BCUT2D eigenvalue weighted by molar-refractivity contribution is 0.679. The summed E-state index contributed by atoms with van der Waals surface area (Å²) < 4.78 is 0. The fraction of sp³-hybridized carbons (Fsp3) is 0.429. The van der Waals surface area contributed by atoms with E-state index in [1.807, 2.05) is 12.1 Å². The van der Waals surface area contributed by atoms with Crippen LogP contribution in [0.5, 0.6) is 0 Å². The van der Waals surface area contributed by atoms with E-state index >= 15 is 0 Å². The molecule has 0 amide bonds. The van der Waals surface area contributed by atoms with Gasteiger partial charge in [0.2, 0.25) is 5.95 Å². The van der Waals surface area contributed by atoms with Crippen LogP contribution in [0.15, 0.2) is 48.2 Å². The standard InChI is InChI=1S/C21H28N4/c1-16(2)18-10-6-7-11-19(18)24-21-23-15-13-20(25-21)22-14-12-17-8-4-3-5-9-17/h6-8,10-11,13,15-16H,3-5,9,12,14H2,1-2H3,(H2,22,23,24,25). The molecule has 0 saturated heterocycles. The number of anilines is 3. The van der Waals surface area contributed by atoms with Gasteiger partial charge in [0.25, 0.3) is 0 Å². The molecule has 25 heavy (non-hydrogen) atoms. The summed E-state index contributed by atoms with van der Waals surface area (Å²) >= 11 is 0. The van der Waals surface area contributed by atoms with E-state index in [0.29, 0.717) is 11.9 Å². The van der Waals surface area contributed by atoms with E-state index in [4.69, 9.17) is 0 Å². The highest BCUT2D eigenvalue weighted by Crippen LogP contribution is 2.26. The van der Waals surface area contributed by atoms with Crippen LogP contribution in [-0.4, -0.2) is 16.5 Å². The monoisotopic (exact) mass is 336 g/mol. The van der Waals surface area contributed by atoms with Gasteiger partial charge in [-0.25, -0.2) is 4.98 Å². The van der Waals surface area contributed by atoms with E-state index in [2.05, 4.69) is 58.7 Å². The Morgan fingerprint density at radius 3 is 2.80 bits per heavy atom. The summed E-state index contributed by atoms with van der Waals surface area (Å²) in [5.41, 5.74) is 3.92. The van der Waals surface area contributed by atoms with Gasteiger partial charge in [0.05, 0.1) is 0 Å². The third-order valence-electron chi connectivity index (χ3n) is 4.62. The van der Waals surface area contributed by atoms with Crippen molar-refractivity contribution in [2.45, 2.75) is 51.9 Å². The van der Waals surface area contributed by atoms with Crippen molar-refractivity contribution in [2.24, 2.45) is 0 Å². The van der Waals surface area contributed by atoms with Gasteiger partial charge in [0.15, 0.2) is 0 Å². The first-order valence-corrected chi connectivity index (χ1v) is 9.33. The van der Waals surface area contributed by atoms with Crippen molar-refractivity contribution < 1.29 is 0 Å². The molecule has 1 aliphatic rings. The molecule has 1 aromatic heterocycles. The second-order valence-electron chi connectivity index (χ2n) is 6.92. The van der Waals surface area contributed by atoms with Gasteiger partial charge in [-0.1, -0.05) is 43.7 Å². The van der Waals surface area contributed by atoms with Gasteiger partial charge in [-0.2, -0.15) is 4.98 Å². The Kier molecular flexibility index (Phi) is 6.04. The van der Waals surface area contributed by atoms with E-state index in [1.54, 1.807) is 11.8 Å². The smallest absolute Gasteiger partial charge is 0.229 e. The molecule has 0 fully saturated rings. The Hall–Kier alpha value is -2.36. The van der Waals surface area contributed by atoms with Crippen molar-refractivity contribution in [1.82, 2.24) is 9.97 Å². The van der Waals surface area contributed by atoms with Gasteiger partial charge in [-0.3, -0.25) is 0 Å². The highest BCUT2D eigenvalue weighted by atomic mass is 15.1. The zero-order valence-electron chi connectivity index (χ0n) is 15.3. The Labute approximate surface area is 150 Å². The molecular formula is C21H28N4. The highest BCUT2D eigenvalue weighted by molar-refractivity contribution is 5.60. The molecule has 132 valence electrons. The molecule has 1 heterocycles. The van der Waals surface area contributed by atoms with E-state index in [-0.39, 0.29) is 0 Å². The van der Waals surface area contributed by atoms with Crippen LogP contribution in [0.3, 0.4) is 0 Å². The average molecular weight is 336 g/mol. The summed E-state index contributed by atoms with van der Waals surface area (Å²) in [7, 11) is 0. The summed E-state index contributed by atoms with van der Waals surface area (Å²) in [5, 5.41) is 6.78. The first-order valence-electron chi connectivity index (χ1n) is 9.33. The third-order valence-corrected chi connectivity index (χ3v) is 4.62. The lowest BCUT2D eigenvalue weighted by atomic mass is 9.97. The zero-order chi connectivity index (χ0) is 17.5. The van der Waals surface area contributed by atoms with Crippen LogP contribution in [-0.2, 0) is 0 Å². The Morgan fingerprint density at radius 2 is 2.00 bits per heavy atom. The topological polar surface area (TPSA) is 49.8 Å². The molecule has 0 aliphatic heterocycles. The van der Waals surface area contributed by atoms with Gasteiger partial charge in [0, 0.05) is 18.4 Å². The van der Waals surface area contributed by atoms with Crippen molar-refractivity contribution in [2.75, 3.05) is 17.2 Å². The number of nitrogens with one attached hydrogen (secondary N) is 2. The van der Waals surface area contributed by atoms with Crippen LogP contribution in [0, 0.1) is 0 Å². The molecule has 0 radical (unpaired) electrons. The predicted octanol–water partition coefficient (Wildman–Crippen LogP) is 5.65. The van der Waals surface area contributed by atoms with Gasteiger partial charge in [-0.15, -0.1) is 0 Å². The molecule has 2 N–H and O–H groups in total. The lowest BCUT2D eigenvalue weighted by Crippen LogP contribution is -2.07. The average Bonchev–Trinajstić information content (AvgIpc) is 2.63. The van der Waals surface area contributed by atoms with Crippen molar-refractivity contribution in [3.8, 4) is 0 Å². The molecule has 0 spiro atoms. The minimum absolute atomic E-state index is 0.453. The highest BCUT2D eigenvalue weighted by Gasteiger charge is 2.08. The summed E-state index contributed by atoms with van der Waals surface area (Å²) in [6.07, 6.45) is 10.5. The molecule has 4 heteroatoms. The van der Waals surface area contributed by atoms with Crippen molar-refractivity contribution >= 4 is 17.5 Å². The maximum atomic E-state index is 4.60. The molecule has 0 saturated carbocycles. The first-order chi connectivity index (χ1) is 12.2. The Balaban J connectivity index is 1.61. The number of hydrogen-bond acceptors (Lipinski definition) is 4. The van der Waals surface area contributed by atoms with Crippen LogP contribution in [0.2, 0.25) is 0 Å². The second-order valence-corrected chi connectivity index (χ2v) is 6.92. The predicted molar refractivity (Wildman–Crippen MR) is 106 cm³/mol. The van der Waals surface area contributed by atoms with Crippen LogP contribution in [0.4, 0.5) is 17.5 Å². The van der Waals surface area contributed by atoms with E-state index in [1.165, 1.54) is 31.2 Å².